The molecule has 0 amide bonds. The molecule has 2 aromatic heterocycles. The van der Waals surface area contributed by atoms with Crippen LogP contribution in [0.25, 0.3) is 0 Å². The minimum Gasteiger partial charge on any atom is -0.338 e. The normalized spacial score (nSPS) is 18.1. The zero-order valence-electron chi connectivity index (χ0n) is 14.7. The van der Waals surface area contributed by atoms with Gasteiger partial charge in [-0.3, -0.25) is 9.80 Å². The summed E-state index contributed by atoms with van der Waals surface area (Å²) in [7, 11) is 0. The van der Waals surface area contributed by atoms with Crippen molar-refractivity contribution in [1.82, 2.24) is 40.1 Å². The van der Waals surface area contributed by atoms with E-state index in [1.165, 1.54) is 0 Å². The lowest BCUT2D eigenvalue weighted by Gasteiger charge is -2.36. The first kappa shape index (κ1) is 17.0. The molecule has 1 saturated heterocycles. The predicted molar refractivity (Wildman–Crippen MR) is 87.0 cm³/mol. The second kappa shape index (κ2) is 7.80. The summed E-state index contributed by atoms with van der Waals surface area (Å²) in [5.41, 5.74) is 0. The molecule has 132 valence electrons. The maximum atomic E-state index is 5.30. The quantitative estimate of drug-likeness (QED) is 0.742. The highest BCUT2D eigenvalue weighted by molar-refractivity contribution is 4.92. The van der Waals surface area contributed by atoms with Gasteiger partial charge in [-0.2, -0.15) is 4.98 Å². The van der Waals surface area contributed by atoms with Crippen LogP contribution >= 0.6 is 0 Å². The van der Waals surface area contributed by atoms with E-state index in [0.717, 1.165) is 57.9 Å². The molecule has 0 aliphatic carbocycles. The number of hydrogen-bond acceptors (Lipinski definition) is 8. The Morgan fingerprint density at radius 3 is 2.67 bits per heavy atom. The van der Waals surface area contributed by atoms with Gasteiger partial charge < -0.3 is 4.52 Å². The molecule has 3 rings (SSSR count). The molecule has 0 bridgehead atoms. The minimum atomic E-state index is 0.156. The molecule has 0 N–H and O–H groups in total. The molecule has 24 heavy (non-hydrogen) atoms. The highest BCUT2D eigenvalue weighted by atomic mass is 16.5. The van der Waals surface area contributed by atoms with Crippen LogP contribution < -0.4 is 0 Å². The van der Waals surface area contributed by atoms with Crippen molar-refractivity contribution in [2.75, 3.05) is 26.2 Å². The highest BCUT2D eigenvalue weighted by Gasteiger charge is 2.26. The van der Waals surface area contributed by atoms with E-state index in [0.29, 0.717) is 11.7 Å². The number of piperazine rings is 1. The van der Waals surface area contributed by atoms with Crippen molar-refractivity contribution in [1.29, 1.82) is 0 Å². The lowest BCUT2D eigenvalue weighted by molar-refractivity contribution is 0.0822. The van der Waals surface area contributed by atoms with Gasteiger partial charge in [0.05, 0.1) is 12.6 Å². The predicted octanol–water partition coefficient (Wildman–Crippen LogP) is 1.04. The summed E-state index contributed by atoms with van der Waals surface area (Å²) in [6.45, 7) is 11.8. The third kappa shape index (κ3) is 3.96. The Bertz CT molecular complexity index is 631. The molecular weight excluding hydrogens is 308 g/mol. The molecule has 1 fully saturated rings. The van der Waals surface area contributed by atoms with Crippen LogP contribution in [0.4, 0.5) is 0 Å². The first-order valence-electron chi connectivity index (χ1n) is 8.69. The van der Waals surface area contributed by atoms with Gasteiger partial charge in [-0.25, -0.2) is 4.68 Å². The number of rotatable bonds is 7. The molecule has 0 unspecified atom stereocenters. The maximum absolute atomic E-state index is 5.30. The average Bonchev–Trinajstić information content (AvgIpc) is 3.22. The van der Waals surface area contributed by atoms with E-state index in [1.807, 2.05) is 11.6 Å². The van der Waals surface area contributed by atoms with E-state index in [1.54, 1.807) is 0 Å². The van der Waals surface area contributed by atoms with E-state index in [9.17, 15) is 0 Å². The largest absolute Gasteiger partial charge is 0.338 e. The van der Waals surface area contributed by atoms with Crippen LogP contribution in [0.3, 0.4) is 0 Å². The van der Waals surface area contributed by atoms with Crippen LogP contribution in [0.1, 0.15) is 50.3 Å². The van der Waals surface area contributed by atoms with E-state index >= 15 is 0 Å². The van der Waals surface area contributed by atoms with Crippen molar-refractivity contribution >= 4 is 0 Å². The van der Waals surface area contributed by atoms with E-state index in [2.05, 4.69) is 49.3 Å². The van der Waals surface area contributed by atoms with Gasteiger partial charge in [-0.05, 0) is 30.7 Å². The van der Waals surface area contributed by atoms with Crippen LogP contribution in [-0.4, -0.2) is 66.3 Å². The van der Waals surface area contributed by atoms with Gasteiger partial charge in [0.2, 0.25) is 5.89 Å². The third-order valence-electron chi connectivity index (χ3n) is 4.55. The first-order chi connectivity index (χ1) is 11.7. The number of unbranched alkanes of at least 4 members (excludes halogenated alkanes) is 1. The van der Waals surface area contributed by atoms with E-state index in [-0.39, 0.29) is 6.04 Å². The van der Waals surface area contributed by atoms with Gasteiger partial charge in [0, 0.05) is 32.7 Å². The summed E-state index contributed by atoms with van der Waals surface area (Å²) in [5.74, 6) is 2.34. The van der Waals surface area contributed by atoms with Crippen LogP contribution in [0.2, 0.25) is 0 Å². The topological polar surface area (TPSA) is 89.0 Å². The fraction of sp³-hybridized carbons (Fsp3) is 0.800. The van der Waals surface area contributed by atoms with E-state index < -0.39 is 0 Å². The van der Waals surface area contributed by atoms with Crippen molar-refractivity contribution in [3.05, 3.63) is 17.5 Å². The van der Waals surface area contributed by atoms with Gasteiger partial charge in [0.1, 0.15) is 0 Å². The molecule has 0 spiro atoms. The lowest BCUT2D eigenvalue weighted by Crippen LogP contribution is -2.47. The first-order valence-corrected chi connectivity index (χ1v) is 8.69. The molecule has 9 nitrogen and oxygen atoms in total. The minimum absolute atomic E-state index is 0.156. The van der Waals surface area contributed by atoms with Gasteiger partial charge in [-0.15, -0.1) is 5.10 Å². The second-order valence-corrected chi connectivity index (χ2v) is 6.34. The summed E-state index contributed by atoms with van der Waals surface area (Å²) in [4.78, 5) is 9.12. The zero-order valence-corrected chi connectivity index (χ0v) is 14.7. The van der Waals surface area contributed by atoms with Crippen molar-refractivity contribution in [3.63, 3.8) is 0 Å². The molecule has 0 radical (unpaired) electrons. The molecule has 1 aliphatic heterocycles. The fourth-order valence-electron chi connectivity index (χ4n) is 2.97. The van der Waals surface area contributed by atoms with E-state index in [4.69, 9.17) is 4.52 Å². The Hall–Kier alpha value is -1.87. The standard InChI is InChI=1S/C15H26N8O/c1-4-5-6-23-14(17-19-20-23)11-21-7-9-22(10-8-21)12(2)15-16-13(3)18-24-15/h12H,4-11H2,1-3H3/t12-/m0/s1. The Morgan fingerprint density at radius 2 is 2.00 bits per heavy atom. The molecule has 0 saturated carbocycles. The summed E-state index contributed by atoms with van der Waals surface area (Å²) < 4.78 is 7.23. The van der Waals surface area contributed by atoms with Crippen LogP contribution in [0, 0.1) is 6.92 Å². The monoisotopic (exact) mass is 334 g/mol. The summed E-state index contributed by atoms with van der Waals surface area (Å²) in [6.07, 6.45) is 2.25. The van der Waals surface area contributed by atoms with Crippen molar-refractivity contribution < 1.29 is 4.52 Å². The molecule has 9 heteroatoms. The summed E-state index contributed by atoms with van der Waals surface area (Å²) >= 11 is 0. The van der Waals surface area contributed by atoms with Crippen molar-refractivity contribution in [3.8, 4) is 0 Å². The SMILES string of the molecule is CCCCn1nnnc1CN1CCN([C@@H](C)c2nc(C)no2)CC1. The number of tetrazole rings is 1. The van der Waals surface area contributed by atoms with Crippen molar-refractivity contribution in [2.24, 2.45) is 0 Å². The smallest absolute Gasteiger partial charge is 0.243 e. The Morgan fingerprint density at radius 1 is 1.21 bits per heavy atom. The van der Waals surface area contributed by atoms with Crippen molar-refractivity contribution in [2.45, 2.75) is 52.7 Å². The fourth-order valence-corrected chi connectivity index (χ4v) is 2.97. The molecule has 3 heterocycles. The number of aromatic nitrogens is 6. The Balaban J connectivity index is 1.51. The van der Waals surface area contributed by atoms with Crippen LogP contribution in [0.5, 0.6) is 0 Å². The molecule has 1 atom stereocenters. The van der Waals surface area contributed by atoms with Gasteiger partial charge in [0.15, 0.2) is 11.6 Å². The number of aryl methyl sites for hydroxylation is 2. The zero-order chi connectivity index (χ0) is 16.9. The van der Waals surface area contributed by atoms with Gasteiger partial charge >= 0.3 is 0 Å². The maximum Gasteiger partial charge on any atom is 0.243 e. The Kier molecular flexibility index (Phi) is 5.52. The van der Waals surface area contributed by atoms with Gasteiger partial charge in [0.25, 0.3) is 0 Å². The number of hydrogen-bond donors (Lipinski definition) is 0. The number of nitrogens with zero attached hydrogens (tertiary/aromatic N) is 8. The van der Waals surface area contributed by atoms with Crippen LogP contribution in [0.15, 0.2) is 4.52 Å². The molecule has 1 aliphatic rings. The average molecular weight is 334 g/mol. The molecule has 2 aromatic rings. The van der Waals surface area contributed by atoms with Crippen LogP contribution in [-0.2, 0) is 13.1 Å². The second-order valence-electron chi connectivity index (χ2n) is 6.34. The molecular formula is C15H26N8O. The van der Waals surface area contributed by atoms with Gasteiger partial charge in [-0.1, -0.05) is 18.5 Å². The third-order valence-corrected chi connectivity index (χ3v) is 4.55. The lowest BCUT2D eigenvalue weighted by atomic mass is 10.2. The summed E-state index contributed by atoms with van der Waals surface area (Å²) in [5, 5.41) is 16.0. The summed E-state index contributed by atoms with van der Waals surface area (Å²) in [6, 6.07) is 0.156. The highest BCUT2D eigenvalue weighted by Crippen LogP contribution is 2.20. The Labute approximate surface area is 142 Å². The molecule has 0 aromatic carbocycles.